The summed E-state index contributed by atoms with van der Waals surface area (Å²) in [5, 5.41) is 0.245. The number of halogens is 1. The first-order valence-corrected chi connectivity index (χ1v) is 8.88. The number of Topliss-reactive ketones (excluding diaryl/α,β-unsaturated/α-hetero) is 1. The summed E-state index contributed by atoms with van der Waals surface area (Å²) in [7, 11) is 0. The van der Waals surface area contributed by atoms with Gasteiger partial charge in [-0.2, -0.15) is 0 Å². The fraction of sp³-hybridized carbons (Fsp3) is 0.200. The fourth-order valence-electron chi connectivity index (χ4n) is 2.26. The summed E-state index contributed by atoms with van der Waals surface area (Å²) >= 11 is 5.89. The van der Waals surface area contributed by atoms with Crippen molar-refractivity contribution in [1.82, 2.24) is 10.9 Å². The van der Waals surface area contributed by atoms with Crippen LogP contribution in [0.15, 0.2) is 54.6 Å². The molecule has 2 aromatic rings. The van der Waals surface area contributed by atoms with Crippen LogP contribution in [0.5, 0.6) is 0 Å². The first kappa shape index (κ1) is 21.1. The number of carbonyl (C=O) groups is 4. The Balaban J connectivity index is 1.73. The summed E-state index contributed by atoms with van der Waals surface area (Å²) in [6.45, 7) is 1.47. The predicted molar refractivity (Wildman–Crippen MR) is 103 cm³/mol. The van der Waals surface area contributed by atoms with Crippen LogP contribution in [0.2, 0.25) is 5.02 Å². The Morgan fingerprint density at radius 3 is 2.25 bits per heavy atom. The van der Waals surface area contributed by atoms with Gasteiger partial charge in [-0.15, -0.1) is 0 Å². The van der Waals surface area contributed by atoms with Crippen LogP contribution in [0, 0.1) is 0 Å². The topological polar surface area (TPSA) is 102 Å². The molecule has 0 radical (unpaired) electrons. The molecule has 0 bridgehead atoms. The van der Waals surface area contributed by atoms with E-state index in [1.807, 2.05) is 0 Å². The number of hydrogen-bond donors (Lipinski definition) is 2. The van der Waals surface area contributed by atoms with Gasteiger partial charge in [0.05, 0.1) is 17.0 Å². The van der Waals surface area contributed by atoms with Crippen LogP contribution >= 0.6 is 11.6 Å². The van der Waals surface area contributed by atoms with E-state index >= 15 is 0 Å². The average Bonchev–Trinajstić information content (AvgIpc) is 2.70. The molecular weight excluding hydrogens is 384 g/mol. The van der Waals surface area contributed by atoms with Gasteiger partial charge >= 0.3 is 5.97 Å². The van der Waals surface area contributed by atoms with Gasteiger partial charge in [0.25, 0.3) is 5.91 Å². The lowest BCUT2D eigenvalue weighted by Gasteiger charge is -2.12. The van der Waals surface area contributed by atoms with Crippen LogP contribution in [-0.4, -0.2) is 29.7 Å². The van der Waals surface area contributed by atoms with Gasteiger partial charge in [-0.05, 0) is 19.1 Å². The van der Waals surface area contributed by atoms with Gasteiger partial charge in [-0.1, -0.05) is 54.1 Å². The molecule has 1 atom stereocenters. The highest BCUT2D eigenvalue weighted by Gasteiger charge is 2.20. The van der Waals surface area contributed by atoms with Crippen LogP contribution < -0.4 is 10.9 Å². The third-order valence-electron chi connectivity index (χ3n) is 3.73. The maximum atomic E-state index is 12.1. The molecule has 2 rings (SSSR count). The van der Waals surface area contributed by atoms with Crippen molar-refractivity contribution in [2.24, 2.45) is 0 Å². The second-order valence-corrected chi connectivity index (χ2v) is 6.25. The van der Waals surface area contributed by atoms with Crippen molar-refractivity contribution in [2.45, 2.75) is 25.9 Å². The molecule has 0 aliphatic carbocycles. The maximum Gasteiger partial charge on any atom is 0.307 e. The Morgan fingerprint density at radius 1 is 0.929 bits per heavy atom. The molecule has 2 N–H and O–H groups in total. The molecule has 0 aromatic heterocycles. The van der Waals surface area contributed by atoms with Crippen molar-refractivity contribution in [3.63, 3.8) is 0 Å². The molecule has 7 nitrogen and oxygen atoms in total. The Kier molecular flexibility index (Phi) is 7.71. The molecule has 0 heterocycles. The summed E-state index contributed by atoms with van der Waals surface area (Å²) in [6.07, 6.45) is -1.41. The van der Waals surface area contributed by atoms with E-state index in [0.29, 0.717) is 5.56 Å². The van der Waals surface area contributed by atoms with Crippen molar-refractivity contribution >= 4 is 35.2 Å². The van der Waals surface area contributed by atoms with Gasteiger partial charge in [0, 0.05) is 12.0 Å². The Morgan fingerprint density at radius 2 is 1.57 bits per heavy atom. The minimum atomic E-state index is -0.960. The third-order valence-corrected chi connectivity index (χ3v) is 4.06. The summed E-state index contributed by atoms with van der Waals surface area (Å²) in [4.78, 5) is 47.7. The first-order valence-electron chi connectivity index (χ1n) is 8.51. The Bertz CT molecular complexity index is 870. The van der Waals surface area contributed by atoms with Gasteiger partial charge in [0.2, 0.25) is 11.7 Å². The predicted octanol–water partition coefficient (Wildman–Crippen LogP) is 2.70. The molecule has 0 saturated heterocycles. The number of hydrazine groups is 1. The van der Waals surface area contributed by atoms with Crippen molar-refractivity contribution in [2.75, 3.05) is 0 Å². The highest BCUT2D eigenvalue weighted by molar-refractivity contribution is 6.33. The first-order chi connectivity index (χ1) is 13.4. The number of ketones is 1. The van der Waals surface area contributed by atoms with Crippen LogP contribution in [0.3, 0.4) is 0 Å². The quantitative estimate of drug-likeness (QED) is 0.421. The van der Waals surface area contributed by atoms with Gasteiger partial charge in [0.1, 0.15) is 0 Å². The minimum Gasteiger partial charge on any atom is -0.454 e. The van der Waals surface area contributed by atoms with Crippen molar-refractivity contribution in [1.29, 1.82) is 0 Å². The van der Waals surface area contributed by atoms with Gasteiger partial charge in [0.15, 0.2) is 6.10 Å². The zero-order chi connectivity index (χ0) is 20.5. The van der Waals surface area contributed by atoms with Gasteiger partial charge in [-0.3, -0.25) is 30.0 Å². The minimum absolute atomic E-state index is 0.206. The van der Waals surface area contributed by atoms with Crippen LogP contribution in [0.1, 0.15) is 40.5 Å². The second kappa shape index (κ2) is 10.2. The molecule has 2 aromatic carbocycles. The van der Waals surface area contributed by atoms with E-state index in [2.05, 4.69) is 10.9 Å². The van der Waals surface area contributed by atoms with Crippen molar-refractivity contribution in [3.8, 4) is 0 Å². The standard InChI is InChI=1S/C20H19ClN2O5/c1-13(19(26)14-7-3-2-4-8-14)28-18(25)12-11-17(24)22-23-20(27)15-9-5-6-10-16(15)21/h2-10,13H,11-12H2,1H3,(H,22,24)(H,23,27). The number of amides is 2. The van der Waals surface area contributed by atoms with Crippen LogP contribution in [-0.2, 0) is 14.3 Å². The molecular formula is C20H19ClN2O5. The smallest absolute Gasteiger partial charge is 0.307 e. The molecule has 0 fully saturated rings. The monoisotopic (exact) mass is 402 g/mol. The van der Waals surface area contributed by atoms with Crippen LogP contribution in [0.4, 0.5) is 0 Å². The largest absolute Gasteiger partial charge is 0.454 e. The normalized spacial score (nSPS) is 11.2. The average molecular weight is 403 g/mol. The SMILES string of the molecule is CC(OC(=O)CCC(=O)NNC(=O)c1ccccc1Cl)C(=O)c1ccccc1. The number of rotatable bonds is 7. The van der Waals surface area contributed by atoms with Gasteiger partial charge in [-0.25, -0.2) is 0 Å². The van der Waals surface area contributed by atoms with E-state index in [9.17, 15) is 19.2 Å². The number of benzene rings is 2. The van der Waals surface area contributed by atoms with E-state index in [4.69, 9.17) is 16.3 Å². The van der Waals surface area contributed by atoms with E-state index in [0.717, 1.165) is 0 Å². The van der Waals surface area contributed by atoms with Crippen molar-refractivity contribution in [3.05, 3.63) is 70.7 Å². The van der Waals surface area contributed by atoms with Gasteiger partial charge < -0.3 is 4.74 Å². The lowest BCUT2D eigenvalue weighted by Crippen LogP contribution is -2.41. The van der Waals surface area contributed by atoms with Crippen molar-refractivity contribution < 1.29 is 23.9 Å². The molecule has 0 aliphatic heterocycles. The molecule has 146 valence electrons. The molecule has 0 saturated carbocycles. The lowest BCUT2D eigenvalue weighted by atomic mass is 10.1. The van der Waals surface area contributed by atoms with E-state index in [-0.39, 0.29) is 29.2 Å². The Hall–Kier alpha value is -3.19. The highest BCUT2D eigenvalue weighted by atomic mass is 35.5. The second-order valence-electron chi connectivity index (χ2n) is 5.84. The number of esters is 1. The zero-order valence-corrected chi connectivity index (χ0v) is 15.9. The molecule has 8 heteroatoms. The molecule has 0 aliphatic rings. The van der Waals surface area contributed by atoms with Crippen LogP contribution in [0.25, 0.3) is 0 Å². The molecule has 1 unspecified atom stereocenters. The number of nitrogens with one attached hydrogen (secondary N) is 2. The fourth-order valence-corrected chi connectivity index (χ4v) is 2.49. The Labute approximate surface area is 167 Å². The molecule has 28 heavy (non-hydrogen) atoms. The highest BCUT2D eigenvalue weighted by Crippen LogP contribution is 2.14. The number of carbonyl (C=O) groups excluding carboxylic acids is 4. The third kappa shape index (κ3) is 6.21. The number of hydrogen-bond acceptors (Lipinski definition) is 5. The summed E-state index contributed by atoms with van der Waals surface area (Å²) in [6, 6.07) is 14.8. The summed E-state index contributed by atoms with van der Waals surface area (Å²) < 4.78 is 5.05. The lowest BCUT2D eigenvalue weighted by molar-refractivity contribution is -0.147. The number of ether oxygens (including phenoxy) is 1. The molecule has 0 spiro atoms. The summed E-state index contributed by atoms with van der Waals surface area (Å²) in [5.74, 6) is -2.18. The van der Waals surface area contributed by atoms with E-state index in [1.165, 1.54) is 13.0 Å². The summed E-state index contributed by atoms with van der Waals surface area (Å²) in [5.41, 5.74) is 5.05. The zero-order valence-electron chi connectivity index (χ0n) is 15.1. The maximum absolute atomic E-state index is 12.1. The molecule has 2 amide bonds. The van der Waals surface area contributed by atoms with E-state index < -0.39 is 23.9 Å². The van der Waals surface area contributed by atoms with E-state index in [1.54, 1.807) is 48.5 Å².